The molecule has 0 spiro atoms. The van der Waals surface area contributed by atoms with Gasteiger partial charge in [0.2, 0.25) is 0 Å². The van der Waals surface area contributed by atoms with Gasteiger partial charge < -0.3 is 5.32 Å². The summed E-state index contributed by atoms with van der Waals surface area (Å²) in [5.74, 6) is -0.316. The predicted molar refractivity (Wildman–Crippen MR) is 68.7 cm³/mol. The Balaban J connectivity index is 2.38. The Labute approximate surface area is 113 Å². The summed E-state index contributed by atoms with van der Waals surface area (Å²) in [4.78, 5) is 4.01. The van der Waals surface area contributed by atoms with Gasteiger partial charge in [0, 0.05) is 11.9 Å². The summed E-state index contributed by atoms with van der Waals surface area (Å²) in [6.07, 6.45) is 1.54. The van der Waals surface area contributed by atoms with E-state index in [2.05, 4.69) is 10.3 Å². The first kappa shape index (κ1) is 12.6. The Morgan fingerprint density at radius 3 is 2.56 bits per heavy atom. The largest absolute Gasteiger partial charge is 0.339 e. The van der Waals surface area contributed by atoms with Crippen molar-refractivity contribution in [2.24, 2.45) is 0 Å². The van der Waals surface area contributed by atoms with Gasteiger partial charge in [-0.15, -0.1) is 0 Å². The monoisotopic (exact) mass is 281 g/mol. The van der Waals surface area contributed by atoms with Crippen molar-refractivity contribution < 1.29 is 4.39 Å². The zero-order valence-corrected chi connectivity index (χ0v) is 10.4. The molecule has 0 saturated carbocycles. The fourth-order valence-corrected chi connectivity index (χ4v) is 1.85. The molecular weight excluding hydrogens is 276 g/mol. The van der Waals surface area contributed by atoms with Crippen LogP contribution in [0.1, 0.15) is 5.56 Å². The molecule has 6 heteroatoms. The van der Waals surface area contributed by atoms with Gasteiger partial charge in [0.15, 0.2) is 5.82 Å². The van der Waals surface area contributed by atoms with E-state index in [4.69, 9.17) is 28.5 Å². The molecule has 2 aromatic rings. The number of hydrogen-bond acceptors (Lipinski definition) is 3. The van der Waals surface area contributed by atoms with Gasteiger partial charge in [-0.3, -0.25) is 0 Å². The number of rotatable bonds is 2. The average molecular weight is 282 g/mol. The first-order chi connectivity index (χ1) is 8.61. The van der Waals surface area contributed by atoms with Gasteiger partial charge in [0.1, 0.15) is 11.9 Å². The minimum Gasteiger partial charge on any atom is -0.339 e. The summed E-state index contributed by atoms with van der Waals surface area (Å²) >= 11 is 11.3. The van der Waals surface area contributed by atoms with Crippen LogP contribution in [0, 0.1) is 17.1 Å². The SMILES string of the molecule is N#Cc1cccnc1Nc1cc(Cl)c(F)c(Cl)c1. The molecule has 0 aliphatic heterocycles. The molecule has 0 bridgehead atoms. The van der Waals surface area contributed by atoms with E-state index >= 15 is 0 Å². The Hall–Kier alpha value is -1.83. The summed E-state index contributed by atoms with van der Waals surface area (Å²) in [7, 11) is 0. The Morgan fingerprint density at radius 2 is 1.94 bits per heavy atom. The van der Waals surface area contributed by atoms with Crippen LogP contribution in [-0.2, 0) is 0 Å². The maximum absolute atomic E-state index is 13.2. The number of nitrogens with one attached hydrogen (secondary N) is 1. The first-order valence-corrected chi connectivity index (χ1v) is 5.64. The van der Waals surface area contributed by atoms with E-state index in [0.29, 0.717) is 17.1 Å². The summed E-state index contributed by atoms with van der Waals surface area (Å²) in [6, 6.07) is 8.00. The van der Waals surface area contributed by atoms with Crippen molar-refractivity contribution in [1.82, 2.24) is 4.98 Å². The van der Waals surface area contributed by atoms with E-state index in [1.54, 1.807) is 12.1 Å². The van der Waals surface area contributed by atoms with Crippen molar-refractivity contribution in [2.75, 3.05) is 5.32 Å². The molecule has 1 N–H and O–H groups in total. The zero-order valence-electron chi connectivity index (χ0n) is 8.92. The quantitative estimate of drug-likeness (QED) is 0.842. The number of pyridine rings is 1. The van der Waals surface area contributed by atoms with E-state index in [1.165, 1.54) is 18.3 Å². The molecule has 18 heavy (non-hydrogen) atoms. The Bertz CT molecular complexity index is 614. The number of hydrogen-bond donors (Lipinski definition) is 1. The standard InChI is InChI=1S/C12H6Cl2FN3/c13-9-4-8(5-10(14)11(9)15)18-12-7(6-16)2-1-3-17-12/h1-5H,(H,17,18). The molecule has 0 aliphatic rings. The van der Waals surface area contributed by atoms with Crippen molar-refractivity contribution in [1.29, 1.82) is 5.26 Å². The first-order valence-electron chi connectivity index (χ1n) is 4.88. The molecule has 0 amide bonds. The molecule has 0 unspecified atom stereocenters. The molecule has 1 heterocycles. The maximum atomic E-state index is 13.2. The number of nitrogens with zero attached hydrogens (tertiary/aromatic N) is 2. The lowest BCUT2D eigenvalue weighted by Gasteiger charge is -2.08. The van der Waals surface area contributed by atoms with Crippen LogP contribution in [0.4, 0.5) is 15.9 Å². The highest BCUT2D eigenvalue weighted by Gasteiger charge is 2.09. The highest BCUT2D eigenvalue weighted by molar-refractivity contribution is 6.35. The van der Waals surface area contributed by atoms with Gasteiger partial charge in [0.25, 0.3) is 0 Å². The second kappa shape index (κ2) is 5.21. The van der Waals surface area contributed by atoms with Gasteiger partial charge in [-0.1, -0.05) is 23.2 Å². The van der Waals surface area contributed by atoms with Crippen LogP contribution in [0.3, 0.4) is 0 Å². The molecule has 2 rings (SSSR count). The Kier molecular flexibility index (Phi) is 3.66. The fourth-order valence-electron chi connectivity index (χ4n) is 1.36. The van der Waals surface area contributed by atoms with Gasteiger partial charge >= 0.3 is 0 Å². The number of aromatic nitrogens is 1. The van der Waals surface area contributed by atoms with Crippen LogP contribution in [-0.4, -0.2) is 4.98 Å². The lowest BCUT2D eigenvalue weighted by atomic mass is 10.2. The molecule has 3 nitrogen and oxygen atoms in total. The molecule has 0 saturated heterocycles. The number of halogens is 3. The van der Waals surface area contributed by atoms with Crippen molar-refractivity contribution in [3.05, 3.63) is 51.9 Å². The van der Waals surface area contributed by atoms with E-state index in [0.717, 1.165) is 0 Å². The number of anilines is 2. The highest BCUT2D eigenvalue weighted by Crippen LogP contribution is 2.29. The third kappa shape index (κ3) is 2.53. The van der Waals surface area contributed by atoms with Crippen molar-refractivity contribution in [3.8, 4) is 6.07 Å². The molecular formula is C12H6Cl2FN3. The van der Waals surface area contributed by atoms with Gasteiger partial charge in [-0.2, -0.15) is 5.26 Å². The van der Waals surface area contributed by atoms with Crippen LogP contribution >= 0.6 is 23.2 Å². The molecule has 1 aromatic heterocycles. The van der Waals surface area contributed by atoms with Crippen LogP contribution in [0.15, 0.2) is 30.5 Å². The summed E-state index contributed by atoms with van der Waals surface area (Å²) < 4.78 is 13.2. The lowest BCUT2D eigenvalue weighted by molar-refractivity contribution is 0.629. The third-order valence-electron chi connectivity index (χ3n) is 2.17. The highest BCUT2D eigenvalue weighted by atomic mass is 35.5. The van der Waals surface area contributed by atoms with Crippen molar-refractivity contribution in [2.45, 2.75) is 0 Å². The van der Waals surface area contributed by atoms with E-state index in [1.807, 2.05) is 6.07 Å². The molecule has 0 fully saturated rings. The molecule has 0 atom stereocenters. The molecule has 0 radical (unpaired) electrons. The van der Waals surface area contributed by atoms with Gasteiger partial charge in [-0.25, -0.2) is 9.37 Å². The second-order valence-electron chi connectivity index (χ2n) is 3.39. The lowest BCUT2D eigenvalue weighted by Crippen LogP contribution is -1.97. The van der Waals surface area contributed by atoms with Gasteiger partial charge in [-0.05, 0) is 24.3 Å². The number of benzene rings is 1. The third-order valence-corrected chi connectivity index (χ3v) is 2.72. The van der Waals surface area contributed by atoms with Crippen LogP contribution in [0.5, 0.6) is 0 Å². The van der Waals surface area contributed by atoms with Crippen LogP contribution < -0.4 is 5.32 Å². The molecule has 0 aliphatic carbocycles. The van der Waals surface area contributed by atoms with Gasteiger partial charge in [0.05, 0.1) is 15.6 Å². The minimum absolute atomic E-state index is 0.0977. The van der Waals surface area contributed by atoms with Crippen molar-refractivity contribution in [3.63, 3.8) is 0 Å². The zero-order chi connectivity index (χ0) is 13.1. The normalized spacial score (nSPS) is 9.89. The van der Waals surface area contributed by atoms with Crippen LogP contribution in [0.2, 0.25) is 10.0 Å². The average Bonchev–Trinajstić information content (AvgIpc) is 2.36. The summed E-state index contributed by atoms with van der Waals surface area (Å²) in [5, 5.41) is 11.6. The summed E-state index contributed by atoms with van der Waals surface area (Å²) in [6.45, 7) is 0. The molecule has 1 aromatic carbocycles. The van der Waals surface area contributed by atoms with Crippen LogP contribution in [0.25, 0.3) is 0 Å². The molecule has 90 valence electrons. The fraction of sp³-hybridized carbons (Fsp3) is 0. The predicted octanol–water partition coefficient (Wildman–Crippen LogP) is 4.14. The van der Waals surface area contributed by atoms with E-state index < -0.39 is 5.82 Å². The minimum atomic E-state index is -0.676. The smallest absolute Gasteiger partial charge is 0.160 e. The number of nitriles is 1. The van der Waals surface area contributed by atoms with Crippen molar-refractivity contribution >= 4 is 34.7 Å². The summed E-state index contributed by atoms with van der Waals surface area (Å²) in [5.41, 5.74) is 0.829. The topological polar surface area (TPSA) is 48.7 Å². The van der Waals surface area contributed by atoms with E-state index in [9.17, 15) is 4.39 Å². The maximum Gasteiger partial charge on any atom is 0.160 e. The second-order valence-corrected chi connectivity index (χ2v) is 4.20. The van der Waals surface area contributed by atoms with E-state index in [-0.39, 0.29) is 10.0 Å². The Morgan fingerprint density at radius 1 is 1.28 bits per heavy atom.